The van der Waals surface area contributed by atoms with E-state index in [0.29, 0.717) is 22.7 Å². The van der Waals surface area contributed by atoms with Crippen molar-refractivity contribution in [3.8, 4) is 5.75 Å². The number of fused-ring (bicyclic) bond motifs is 1. The highest BCUT2D eigenvalue weighted by atomic mass is 35.5. The standard InChI is InChI=1S/C10H19NO2.C9H7ClN2O2.C2H6/c1-7-5-6-11-8(7)9(12)13-10(2,3)4;1-14-5-2-3-6-7(4-5)12-9(13)8(10)11-6;1-2/h7-8,11H,5-6H2,1-4H3;2-4H,1H3,(H,12,13);1-2H3. The number of H-pyrrole nitrogens is 1. The summed E-state index contributed by atoms with van der Waals surface area (Å²) in [5, 5.41) is 3.10. The van der Waals surface area contributed by atoms with Crippen molar-refractivity contribution >= 4 is 28.6 Å². The van der Waals surface area contributed by atoms with E-state index in [0.717, 1.165) is 13.0 Å². The second-order valence-corrected chi connectivity index (χ2v) is 7.83. The fraction of sp³-hybridized carbons (Fsp3) is 0.571. The van der Waals surface area contributed by atoms with Gasteiger partial charge in [0.2, 0.25) is 0 Å². The van der Waals surface area contributed by atoms with Gasteiger partial charge in [0.1, 0.15) is 17.4 Å². The summed E-state index contributed by atoms with van der Waals surface area (Å²) < 4.78 is 10.3. The van der Waals surface area contributed by atoms with Gasteiger partial charge in [-0.3, -0.25) is 9.59 Å². The molecule has 2 aromatic rings. The van der Waals surface area contributed by atoms with Crippen molar-refractivity contribution in [3.63, 3.8) is 0 Å². The van der Waals surface area contributed by atoms with Crippen molar-refractivity contribution in [2.45, 2.75) is 59.6 Å². The molecule has 1 saturated heterocycles. The van der Waals surface area contributed by atoms with Gasteiger partial charge in [0.05, 0.1) is 18.1 Å². The smallest absolute Gasteiger partial charge is 0.323 e. The molecule has 1 aliphatic heterocycles. The van der Waals surface area contributed by atoms with Crippen molar-refractivity contribution in [1.82, 2.24) is 15.3 Å². The fourth-order valence-corrected chi connectivity index (χ4v) is 2.82. The summed E-state index contributed by atoms with van der Waals surface area (Å²) in [5.41, 5.74) is 0.475. The molecule has 2 heterocycles. The fourth-order valence-electron chi connectivity index (χ4n) is 2.69. The van der Waals surface area contributed by atoms with Crippen LogP contribution in [0.2, 0.25) is 5.15 Å². The van der Waals surface area contributed by atoms with Crippen LogP contribution in [-0.2, 0) is 9.53 Å². The van der Waals surface area contributed by atoms with Crippen LogP contribution in [0.3, 0.4) is 0 Å². The molecule has 7 nitrogen and oxygen atoms in total. The molecule has 0 amide bonds. The summed E-state index contributed by atoms with van der Waals surface area (Å²) in [6.07, 6.45) is 1.06. The number of methoxy groups -OCH3 is 1. The molecule has 2 atom stereocenters. The molecule has 1 aliphatic rings. The lowest BCUT2D eigenvalue weighted by Crippen LogP contribution is -2.40. The lowest BCUT2D eigenvalue weighted by atomic mass is 10.0. The number of carbonyl (C=O) groups excluding carboxylic acids is 1. The third kappa shape index (κ3) is 7.66. The second kappa shape index (κ2) is 11.2. The van der Waals surface area contributed by atoms with Crippen LogP contribution in [-0.4, -0.2) is 41.2 Å². The molecule has 0 radical (unpaired) electrons. The number of benzene rings is 1. The summed E-state index contributed by atoms with van der Waals surface area (Å²) in [4.78, 5) is 29.2. The number of aromatic nitrogens is 2. The average molecular weight is 426 g/mol. The predicted octanol–water partition coefficient (Wildman–Crippen LogP) is 3.94. The van der Waals surface area contributed by atoms with Crippen LogP contribution in [0.5, 0.6) is 5.75 Å². The minimum Gasteiger partial charge on any atom is -0.497 e. The lowest BCUT2D eigenvalue weighted by molar-refractivity contribution is -0.158. The van der Waals surface area contributed by atoms with E-state index in [1.165, 1.54) is 0 Å². The number of carbonyl (C=O) groups is 1. The molecule has 1 aromatic heterocycles. The summed E-state index contributed by atoms with van der Waals surface area (Å²) in [7, 11) is 1.56. The van der Waals surface area contributed by atoms with Crippen molar-refractivity contribution in [1.29, 1.82) is 0 Å². The molecule has 162 valence electrons. The Balaban J connectivity index is 0.000000268. The molecule has 2 N–H and O–H groups in total. The Labute approximate surface area is 177 Å². The van der Waals surface area contributed by atoms with Gasteiger partial charge in [-0.1, -0.05) is 32.4 Å². The van der Waals surface area contributed by atoms with Crippen LogP contribution >= 0.6 is 11.6 Å². The van der Waals surface area contributed by atoms with Gasteiger partial charge < -0.3 is 19.8 Å². The summed E-state index contributed by atoms with van der Waals surface area (Å²) >= 11 is 5.58. The zero-order valence-electron chi connectivity index (χ0n) is 18.3. The maximum Gasteiger partial charge on any atom is 0.323 e. The van der Waals surface area contributed by atoms with E-state index >= 15 is 0 Å². The first-order valence-corrected chi connectivity index (χ1v) is 10.2. The van der Waals surface area contributed by atoms with Crippen molar-refractivity contribution in [3.05, 3.63) is 33.7 Å². The Hall–Kier alpha value is -2.12. The highest BCUT2D eigenvalue weighted by Crippen LogP contribution is 2.18. The van der Waals surface area contributed by atoms with Gasteiger partial charge in [-0.05, 0) is 51.8 Å². The van der Waals surface area contributed by atoms with Gasteiger partial charge in [0.25, 0.3) is 5.56 Å². The Morgan fingerprint density at radius 2 is 1.93 bits per heavy atom. The lowest BCUT2D eigenvalue weighted by Gasteiger charge is -2.23. The van der Waals surface area contributed by atoms with E-state index in [1.807, 2.05) is 34.6 Å². The van der Waals surface area contributed by atoms with E-state index in [1.54, 1.807) is 25.3 Å². The second-order valence-electron chi connectivity index (χ2n) is 7.47. The number of halogens is 1. The van der Waals surface area contributed by atoms with Gasteiger partial charge in [-0.15, -0.1) is 0 Å². The zero-order chi connectivity index (χ0) is 22.2. The number of esters is 1. The number of rotatable bonds is 2. The van der Waals surface area contributed by atoms with Gasteiger partial charge in [0, 0.05) is 6.07 Å². The van der Waals surface area contributed by atoms with E-state index < -0.39 is 5.56 Å². The Morgan fingerprint density at radius 1 is 1.28 bits per heavy atom. The number of nitrogens with zero attached hydrogens (tertiary/aromatic N) is 1. The molecule has 8 heteroatoms. The molecule has 1 aromatic carbocycles. The van der Waals surface area contributed by atoms with Crippen LogP contribution in [0, 0.1) is 5.92 Å². The summed E-state index contributed by atoms with van der Waals surface area (Å²) in [6.45, 7) is 12.7. The Morgan fingerprint density at radius 3 is 2.45 bits per heavy atom. The first-order chi connectivity index (χ1) is 13.6. The summed E-state index contributed by atoms with van der Waals surface area (Å²) in [5.74, 6) is 0.949. The Kier molecular flexibility index (Phi) is 9.59. The minimum absolute atomic E-state index is 0.0531. The molecular weight excluding hydrogens is 394 g/mol. The molecule has 29 heavy (non-hydrogen) atoms. The van der Waals surface area contributed by atoms with Crippen LogP contribution in [0.1, 0.15) is 48.0 Å². The third-order valence-corrected chi connectivity index (χ3v) is 4.31. The van der Waals surface area contributed by atoms with Crippen molar-refractivity contribution in [2.24, 2.45) is 5.92 Å². The van der Waals surface area contributed by atoms with Gasteiger partial charge in [0.15, 0.2) is 5.15 Å². The van der Waals surface area contributed by atoms with Crippen LogP contribution in [0.25, 0.3) is 11.0 Å². The molecule has 2 unspecified atom stereocenters. The van der Waals surface area contributed by atoms with Gasteiger partial charge >= 0.3 is 5.97 Å². The molecule has 0 spiro atoms. The first kappa shape index (κ1) is 24.9. The zero-order valence-corrected chi connectivity index (χ0v) is 19.0. The summed E-state index contributed by atoms with van der Waals surface area (Å²) in [6, 6.07) is 5.08. The number of ether oxygens (including phenoxy) is 2. The van der Waals surface area contributed by atoms with E-state index in [2.05, 4.69) is 22.2 Å². The van der Waals surface area contributed by atoms with E-state index in [9.17, 15) is 9.59 Å². The molecule has 3 rings (SSSR count). The number of nitrogens with one attached hydrogen (secondary N) is 2. The number of hydrogen-bond acceptors (Lipinski definition) is 6. The molecule has 0 saturated carbocycles. The average Bonchev–Trinajstić information content (AvgIpc) is 3.09. The van der Waals surface area contributed by atoms with Crippen molar-refractivity contribution < 1.29 is 14.3 Å². The highest BCUT2D eigenvalue weighted by Gasteiger charge is 2.32. The monoisotopic (exact) mass is 425 g/mol. The van der Waals surface area contributed by atoms with Gasteiger partial charge in [-0.2, -0.15) is 0 Å². The van der Waals surface area contributed by atoms with Crippen LogP contribution in [0.15, 0.2) is 23.0 Å². The maximum absolute atomic E-state index is 11.6. The molecule has 0 bridgehead atoms. The van der Waals surface area contributed by atoms with E-state index in [4.69, 9.17) is 21.1 Å². The SMILES string of the molecule is CC.CC1CCNC1C(=O)OC(C)(C)C.COc1ccc2nc(Cl)c(=O)[nH]c2c1. The maximum atomic E-state index is 11.6. The minimum atomic E-state index is -0.396. The molecule has 0 aliphatic carbocycles. The predicted molar refractivity (Wildman–Crippen MR) is 117 cm³/mol. The highest BCUT2D eigenvalue weighted by molar-refractivity contribution is 6.29. The largest absolute Gasteiger partial charge is 0.497 e. The van der Waals surface area contributed by atoms with Crippen molar-refractivity contribution in [2.75, 3.05) is 13.7 Å². The first-order valence-electron chi connectivity index (χ1n) is 9.80. The van der Waals surface area contributed by atoms with Crippen LogP contribution < -0.4 is 15.6 Å². The number of aromatic amines is 1. The quantitative estimate of drug-likeness (QED) is 0.708. The molecule has 1 fully saturated rings. The Bertz CT molecular complexity index is 861. The normalized spacial score (nSPS) is 18.2. The number of hydrogen-bond donors (Lipinski definition) is 2. The van der Waals surface area contributed by atoms with Gasteiger partial charge in [-0.25, -0.2) is 4.98 Å². The third-order valence-electron chi connectivity index (χ3n) is 4.05. The topological polar surface area (TPSA) is 93.3 Å². The van der Waals surface area contributed by atoms with E-state index in [-0.39, 0.29) is 22.8 Å². The molecular formula is C21H32ClN3O4. The van der Waals surface area contributed by atoms with Crippen LogP contribution in [0.4, 0.5) is 0 Å².